The second-order valence-corrected chi connectivity index (χ2v) is 4.38. The van der Waals surface area contributed by atoms with Gasteiger partial charge in [0.15, 0.2) is 0 Å². The Balaban J connectivity index is 2.34. The third-order valence-corrected chi connectivity index (χ3v) is 3.10. The van der Waals surface area contributed by atoms with E-state index in [2.05, 4.69) is 5.32 Å². The van der Waals surface area contributed by atoms with Crippen LogP contribution in [0.5, 0.6) is 0 Å². The van der Waals surface area contributed by atoms with E-state index >= 15 is 0 Å². The van der Waals surface area contributed by atoms with Crippen molar-refractivity contribution in [3.8, 4) is 0 Å². The predicted molar refractivity (Wildman–Crippen MR) is 60.8 cm³/mol. The average molecular weight is 221 g/mol. The molecule has 3 heteroatoms. The van der Waals surface area contributed by atoms with Gasteiger partial charge in [-0.25, -0.2) is 4.39 Å². The number of aryl methyl sites for hydroxylation is 1. The first-order valence-electron chi connectivity index (χ1n) is 5.67. The minimum Gasteiger partial charge on any atom is -0.353 e. The monoisotopic (exact) mass is 221 g/mol. The lowest BCUT2D eigenvalue weighted by Crippen LogP contribution is -2.39. The number of hydrogen-bond acceptors (Lipinski definition) is 1. The summed E-state index contributed by atoms with van der Waals surface area (Å²) in [5, 5.41) is 2.63. The molecule has 1 aliphatic rings. The van der Waals surface area contributed by atoms with Gasteiger partial charge in [0.25, 0.3) is 5.91 Å². The number of hydrogen-bond donors (Lipinski definition) is 1. The largest absolute Gasteiger partial charge is 0.353 e. The van der Waals surface area contributed by atoms with Crippen LogP contribution in [0.25, 0.3) is 0 Å². The Bertz CT molecular complexity index is 387. The summed E-state index contributed by atoms with van der Waals surface area (Å²) in [6, 6.07) is 7.10. The predicted octanol–water partition coefficient (Wildman–Crippen LogP) is 2.46. The summed E-state index contributed by atoms with van der Waals surface area (Å²) in [6.45, 7) is 2.53. The number of alkyl halides is 1. The van der Waals surface area contributed by atoms with Gasteiger partial charge >= 0.3 is 0 Å². The Kier molecular flexibility index (Phi) is 2.95. The van der Waals surface area contributed by atoms with Crippen molar-refractivity contribution in [2.24, 2.45) is 0 Å². The first-order valence-corrected chi connectivity index (χ1v) is 5.67. The van der Waals surface area contributed by atoms with Crippen LogP contribution in [0, 0.1) is 6.92 Å². The molecule has 0 radical (unpaired) electrons. The number of rotatable bonds is 1. The molecule has 1 amide bonds. The van der Waals surface area contributed by atoms with Crippen molar-refractivity contribution in [3.05, 3.63) is 35.4 Å². The number of carbonyl (C=O) groups is 1. The van der Waals surface area contributed by atoms with Gasteiger partial charge in [-0.3, -0.25) is 4.79 Å². The van der Waals surface area contributed by atoms with E-state index in [0.717, 1.165) is 18.4 Å². The molecule has 0 unspecified atom stereocenters. The maximum absolute atomic E-state index is 14.7. The quantitative estimate of drug-likeness (QED) is 0.775. The lowest BCUT2D eigenvalue weighted by atomic mass is 9.90. The van der Waals surface area contributed by atoms with Crippen molar-refractivity contribution >= 4 is 5.91 Å². The number of carbonyl (C=O) groups excluding carboxylic acids is 1. The van der Waals surface area contributed by atoms with Crippen molar-refractivity contribution in [1.82, 2.24) is 5.32 Å². The molecule has 0 bridgehead atoms. The molecule has 0 aromatic heterocycles. The molecule has 0 aliphatic carbocycles. The highest BCUT2D eigenvalue weighted by Gasteiger charge is 2.40. The first kappa shape index (κ1) is 11.1. The Hall–Kier alpha value is -1.38. The molecular formula is C13H16FNO. The van der Waals surface area contributed by atoms with E-state index in [1.54, 1.807) is 12.1 Å². The van der Waals surface area contributed by atoms with Crippen molar-refractivity contribution < 1.29 is 9.18 Å². The van der Waals surface area contributed by atoms with E-state index in [-0.39, 0.29) is 6.42 Å². The molecule has 1 aliphatic heterocycles. The van der Waals surface area contributed by atoms with Gasteiger partial charge in [0.1, 0.15) is 0 Å². The smallest absolute Gasteiger partial charge is 0.262 e. The third-order valence-electron chi connectivity index (χ3n) is 3.10. The minimum absolute atomic E-state index is 0.280. The van der Waals surface area contributed by atoms with E-state index in [0.29, 0.717) is 12.1 Å². The van der Waals surface area contributed by atoms with Crippen LogP contribution >= 0.6 is 0 Å². The minimum atomic E-state index is -1.84. The van der Waals surface area contributed by atoms with Crippen LogP contribution in [0.4, 0.5) is 4.39 Å². The lowest BCUT2D eigenvalue weighted by Gasteiger charge is -2.22. The van der Waals surface area contributed by atoms with Crippen molar-refractivity contribution in [1.29, 1.82) is 0 Å². The summed E-state index contributed by atoms with van der Waals surface area (Å²) >= 11 is 0. The number of nitrogens with one attached hydrogen (secondary N) is 1. The van der Waals surface area contributed by atoms with Crippen LogP contribution < -0.4 is 5.32 Å². The number of amides is 1. The highest BCUT2D eigenvalue weighted by atomic mass is 19.1. The SMILES string of the molecule is Cc1ccc([C@@]2(F)CCCCNC2=O)cc1. The fourth-order valence-electron chi connectivity index (χ4n) is 2.04. The molecule has 1 N–H and O–H groups in total. The van der Waals surface area contributed by atoms with E-state index in [1.807, 2.05) is 19.1 Å². The van der Waals surface area contributed by atoms with Gasteiger partial charge in [-0.15, -0.1) is 0 Å². The van der Waals surface area contributed by atoms with Crippen LogP contribution in [-0.4, -0.2) is 12.5 Å². The summed E-state index contributed by atoms with van der Waals surface area (Å²) in [5.41, 5.74) is -0.302. The summed E-state index contributed by atoms with van der Waals surface area (Å²) in [7, 11) is 0. The Morgan fingerprint density at radius 2 is 1.94 bits per heavy atom. The molecule has 1 saturated heterocycles. The topological polar surface area (TPSA) is 29.1 Å². The van der Waals surface area contributed by atoms with Crippen LogP contribution in [-0.2, 0) is 10.5 Å². The zero-order valence-electron chi connectivity index (χ0n) is 9.42. The lowest BCUT2D eigenvalue weighted by molar-refractivity contribution is -0.133. The molecule has 86 valence electrons. The van der Waals surface area contributed by atoms with Crippen LogP contribution in [0.2, 0.25) is 0 Å². The van der Waals surface area contributed by atoms with Crippen LogP contribution in [0.3, 0.4) is 0 Å². The normalized spacial score (nSPS) is 26.0. The number of halogens is 1. The van der Waals surface area contributed by atoms with Crippen molar-refractivity contribution in [2.45, 2.75) is 31.9 Å². The molecule has 16 heavy (non-hydrogen) atoms. The van der Waals surface area contributed by atoms with Gasteiger partial charge in [-0.05, 0) is 31.7 Å². The van der Waals surface area contributed by atoms with Crippen molar-refractivity contribution in [2.75, 3.05) is 6.54 Å². The van der Waals surface area contributed by atoms with Gasteiger partial charge < -0.3 is 5.32 Å². The fourth-order valence-corrected chi connectivity index (χ4v) is 2.04. The highest BCUT2D eigenvalue weighted by Crippen LogP contribution is 2.33. The average Bonchev–Trinajstić information content (AvgIpc) is 2.44. The molecule has 1 aromatic rings. The zero-order chi connectivity index (χ0) is 11.6. The molecule has 1 fully saturated rings. The molecule has 1 atom stereocenters. The maximum Gasteiger partial charge on any atom is 0.262 e. The molecular weight excluding hydrogens is 205 g/mol. The third kappa shape index (κ3) is 1.94. The maximum atomic E-state index is 14.7. The van der Waals surface area contributed by atoms with E-state index in [9.17, 15) is 9.18 Å². The van der Waals surface area contributed by atoms with E-state index < -0.39 is 11.6 Å². The van der Waals surface area contributed by atoms with Crippen LogP contribution in [0.15, 0.2) is 24.3 Å². The second kappa shape index (κ2) is 4.24. The highest BCUT2D eigenvalue weighted by molar-refractivity contribution is 5.86. The fraction of sp³-hybridized carbons (Fsp3) is 0.462. The molecule has 2 rings (SSSR count). The second-order valence-electron chi connectivity index (χ2n) is 4.38. The molecule has 1 heterocycles. The number of benzene rings is 1. The molecule has 0 saturated carbocycles. The molecule has 2 nitrogen and oxygen atoms in total. The van der Waals surface area contributed by atoms with Crippen LogP contribution in [0.1, 0.15) is 30.4 Å². The van der Waals surface area contributed by atoms with Gasteiger partial charge in [0.2, 0.25) is 5.67 Å². The zero-order valence-corrected chi connectivity index (χ0v) is 9.42. The van der Waals surface area contributed by atoms with Gasteiger partial charge in [0, 0.05) is 6.54 Å². The summed E-state index contributed by atoms with van der Waals surface area (Å²) in [4.78, 5) is 11.7. The Labute approximate surface area is 94.9 Å². The summed E-state index contributed by atoms with van der Waals surface area (Å²) in [6.07, 6.45) is 1.87. The van der Waals surface area contributed by atoms with E-state index in [4.69, 9.17) is 0 Å². The standard InChI is InChI=1S/C13H16FNO/c1-10-4-6-11(7-5-10)13(14)8-2-3-9-15-12(13)16/h4-7H,2-3,8-9H2,1H3,(H,15,16)/t13-/m0/s1. The Morgan fingerprint density at radius 3 is 2.62 bits per heavy atom. The summed E-state index contributed by atoms with van der Waals surface area (Å²) < 4.78 is 14.7. The Morgan fingerprint density at radius 1 is 1.25 bits per heavy atom. The van der Waals surface area contributed by atoms with Crippen molar-refractivity contribution in [3.63, 3.8) is 0 Å². The molecule has 1 aromatic carbocycles. The van der Waals surface area contributed by atoms with E-state index in [1.165, 1.54) is 0 Å². The molecule has 0 spiro atoms. The first-order chi connectivity index (χ1) is 7.63. The van der Waals surface area contributed by atoms with Gasteiger partial charge in [-0.2, -0.15) is 0 Å². The summed E-state index contributed by atoms with van der Waals surface area (Å²) in [5.74, 6) is -0.492. The van der Waals surface area contributed by atoms with Gasteiger partial charge in [0.05, 0.1) is 0 Å². The van der Waals surface area contributed by atoms with Gasteiger partial charge in [-0.1, -0.05) is 29.8 Å².